The zero-order valence-corrected chi connectivity index (χ0v) is 8.42. The first kappa shape index (κ1) is 8.88. The van der Waals surface area contributed by atoms with Gasteiger partial charge >= 0.3 is 0 Å². The van der Waals surface area contributed by atoms with E-state index in [9.17, 15) is 0 Å². The van der Waals surface area contributed by atoms with E-state index in [1.165, 1.54) is 5.56 Å². The van der Waals surface area contributed by atoms with Gasteiger partial charge in [0, 0.05) is 22.7 Å². The van der Waals surface area contributed by atoms with Crippen molar-refractivity contribution in [3.8, 4) is 5.75 Å². The zero-order valence-electron chi connectivity index (χ0n) is 8.42. The molecular weight excluding hydrogens is 174 g/mol. The average molecular weight is 187 g/mol. The molecule has 0 radical (unpaired) electrons. The van der Waals surface area contributed by atoms with Gasteiger partial charge in [-0.1, -0.05) is 12.7 Å². The quantitative estimate of drug-likeness (QED) is 0.767. The summed E-state index contributed by atoms with van der Waals surface area (Å²) in [6.45, 7) is 5.87. The molecule has 1 aromatic heterocycles. The van der Waals surface area contributed by atoms with Gasteiger partial charge in [-0.2, -0.15) is 0 Å². The van der Waals surface area contributed by atoms with Gasteiger partial charge in [0.15, 0.2) is 0 Å². The number of fused-ring (bicyclic) bond motifs is 1. The molecule has 2 nitrogen and oxygen atoms in total. The first-order chi connectivity index (χ1) is 6.77. The van der Waals surface area contributed by atoms with Crippen LogP contribution in [0, 0.1) is 6.92 Å². The second-order valence-electron chi connectivity index (χ2n) is 3.28. The van der Waals surface area contributed by atoms with Crippen LogP contribution in [0.2, 0.25) is 0 Å². The van der Waals surface area contributed by atoms with Crippen molar-refractivity contribution in [1.82, 2.24) is 4.98 Å². The van der Waals surface area contributed by atoms with E-state index in [2.05, 4.69) is 18.5 Å². The van der Waals surface area contributed by atoms with Crippen LogP contribution in [0.1, 0.15) is 11.1 Å². The highest BCUT2D eigenvalue weighted by molar-refractivity contribution is 5.93. The molecule has 0 aliphatic rings. The maximum atomic E-state index is 5.31. The van der Waals surface area contributed by atoms with Crippen molar-refractivity contribution in [1.29, 1.82) is 0 Å². The molecule has 0 aliphatic carbocycles. The Kier molecular flexibility index (Phi) is 2.04. The topological polar surface area (TPSA) is 25.0 Å². The summed E-state index contributed by atoms with van der Waals surface area (Å²) in [7, 11) is 1.68. The second kappa shape index (κ2) is 3.22. The summed E-state index contributed by atoms with van der Waals surface area (Å²) >= 11 is 0. The van der Waals surface area contributed by atoms with E-state index >= 15 is 0 Å². The van der Waals surface area contributed by atoms with Crippen LogP contribution in [0.15, 0.2) is 24.9 Å². The monoisotopic (exact) mass is 187 g/mol. The Morgan fingerprint density at radius 1 is 1.50 bits per heavy atom. The normalized spacial score (nSPS) is 10.4. The summed E-state index contributed by atoms with van der Waals surface area (Å²) < 4.78 is 5.31. The van der Waals surface area contributed by atoms with Crippen molar-refractivity contribution in [2.75, 3.05) is 7.11 Å². The van der Waals surface area contributed by atoms with Crippen LogP contribution in [0.3, 0.4) is 0 Å². The van der Waals surface area contributed by atoms with E-state index in [1.54, 1.807) is 7.11 Å². The van der Waals surface area contributed by atoms with Gasteiger partial charge in [0.05, 0.1) is 7.11 Å². The van der Waals surface area contributed by atoms with Crippen molar-refractivity contribution in [3.63, 3.8) is 0 Å². The molecule has 0 bridgehead atoms. The average Bonchev–Trinajstić information content (AvgIpc) is 2.66. The molecule has 0 spiro atoms. The van der Waals surface area contributed by atoms with Crippen molar-refractivity contribution in [2.24, 2.45) is 0 Å². The standard InChI is InChI=1S/C12H13NO/c1-4-9-10-5-6-13-12(10)8(2)7-11(9)14-3/h4-7,13H,1H2,2-3H3. The zero-order chi connectivity index (χ0) is 10.1. The Hall–Kier alpha value is -1.70. The van der Waals surface area contributed by atoms with Crippen LogP contribution in [-0.2, 0) is 0 Å². The summed E-state index contributed by atoms with van der Waals surface area (Å²) in [4.78, 5) is 3.21. The SMILES string of the molecule is C=Cc1c(OC)cc(C)c2[nH]ccc12. The van der Waals surface area contributed by atoms with Gasteiger partial charge < -0.3 is 9.72 Å². The molecule has 2 rings (SSSR count). The third-order valence-corrected chi connectivity index (χ3v) is 2.47. The number of hydrogen-bond acceptors (Lipinski definition) is 1. The Bertz CT molecular complexity index is 482. The molecule has 0 unspecified atom stereocenters. The minimum absolute atomic E-state index is 0.879. The molecule has 72 valence electrons. The van der Waals surface area contributed by atoms with Gasteiger partial charge in [0.25, 0.3) is 0 Å². The van der Waals surface area contributed by atoms with Crippen LogP contribution < -0.4 is 4.74 Å². The lowest BCUT2D eigenvalue weighted by Gasteiger charge is -2.08. The molecule has 1 heterocycles. The predicted octanol–water partition coefficient (Wildman–Crippen LogP) is 3.13. The Balaban J connectivity index is 2.88. The van der Waals surface area contributed by atoms with Gasteiger partial charge in [-0.05, 0) is 24.6 Å². The summed E-state index contributed by atoms with van der Waals surface area (Å²) in [6, 6.07) is 4.07. The third kappa shape index (κ3) is 1.11. The van der Waals surface area contributed by atoms with Crippen molar-refractivity contribution in [3.05, 3.63) is 36.0 Å². The molecule has 0 fully saturated rings. The molecule has 0 amide bonds. The second-order valence-corrected chi connectivity index (χ2v) is 3.28. The lowest BCUT2D eigenvalue weighted by atomic mass is 10.1. The number of aryl methyl sites for hydroxylation is 1. The maximum absolute atomic E-state index is 5.31. The molecule has 0 aliphatic heterocycles. The summed E-state index contributed by atoms with van der Waals surface area (Å²) in [5.74, 6) is 0.879. The van der Waals surface area contributed by atoms with E-state index in [-0.39, 0.29) is 0 Å². The first-order valence-electron chi connectivity index (χ1n) is 4.55. The number of H-pyrrole nitrogens is 1. The molecular formula is C12H13NO. The largest absolute Gasteiger partial charge is 0.496 e. The van der Waals surface area contributed by atoms with Crippen molar-refractivity contribution in [2.45, 2.75) is 6.92 Å². The van der Waals surface area contributed by atoms with Crippen LogP contribution in [0.4, 0.5) is 0 Å². The third-order valence-electron chi connectivity index (χ3n) is 2.47. The van der Waals surface area contributed by atoms with Gasteiger partial charge in [0.1, 0.15) is 5.75 Å². The number of methoxy groups -OCH3 is 1. The van der Waals surface area contributed by atoms with Gasteiger partial charge in [0.2, 0.25) is 0 Å². The predicted molar refractivity (Wildman–Crippen MR) is 59.7 cm³/mol. The molecule has 0 saturated heterocycles. The Labute approximate surface area is 83.2 Å². The lowest BCUT2D eigenvalue weighted by molar-refractivity contribution is 0.414. The van der Waals surface area contributed by atoms with Gasteiger partial charge in [-0.3, -0.25) is 0 Å². The Morgan fingerprint density at radius 2 is 2.29 bits per heavy atom. The number of nitrogens with one attached hydrogen (secondary N) is 1. The highest BCUT2D eigenvalue weighted by Gasteiger charge is 2.08. The molecule has 0 atom stereocenters. The fraction of sp³-hybridized carbons (Fsp3) is 0.167. The van der Waals surface area contributed by atoms with Gasteiger partial charge in [-0.15, -0.1) is 0 Å². The molecule has 2 aromatic rings. The van der Waals surface area contributed by atoms with E-state index in [0.717, 1.165) is 22.2 Å². The number of rotatable bonds is 2. The fourth-order valence-corrected chi connectivity index (χ4v) is 1.78. The maximum Gasteiger partial charge on any atom is 0.127 e. The first-order valence-corrected chi connectivity index (χ1v) is 4.55. The van der Waals surface area contributed by atoms with Gasteiger partial charge in [-0.25, -0.2) is 0 Å². The summed E-state index contributed by atoms with van der Waals surface area (Å²) in [5, 5.41) is 1.16. The molecule has 1 N–H and O–H groups in total. The number of benzene rings is 1. The number of aromatic nitrogens is 1. The molecule has 1 aromatic carbocycles. The summed E-state index contributed by atoms with van der Waals surface area (Å²) in [5.41, 5.74) is 3.39. The van der Waals surface area contributed by atoms with E-state index in [0.29, 0.717) is 0 Å². The van der Waals surface area contributed by atoms with E-state index < -0.39 is 0 Å². The number of aromatic amines is 1. The minimum atomic E-state index is 0.879. The number of hydrogen-bond donors (Lipinski definition) is 1. The van der Waals surface area contributed by atoms with Crippen LogP contribution in [-0.4, -0.2) is 12.1 Å². The smallest absolute Gasteiger partial charge is 0.127 e. The van der Waals surface area contributed by atoms with Crippen LogP contribution in [0.25, 0.3) is 17.0 Å². The van der Waals surface area contributed by atoms with Crippen molar-refractivity contribution >= 4 is 17.0 Å². The Morgan fingerprint density at radius 3 is 2.93 bits per heavy atom. The molecule has 14 heavy (non-hydrogen) atoms. The van der Waals surface area contributed by atoms with Crippen molar-refractivity contribution < 1.29 is 4.74 Å². The van der Waals surface area contributed by atoms with E-state index in [4.69, 9.17) is 4.74 Å². The number of ether oxygens (including phenoxy) is 1. The van der Waals surface area contributed by atoms with Crippen LogP contribution >= 0.6 is 0 Å². The van der Waals surface area contributed by atoms with E-state index in [1.807, 2.05) is 24.4 Å². The molecule has 0 saturated carbocycles. The minimum Gasteiger partial charge on any atom is -0.496 e. The van der Waals surface area contributed by atoms with Crippen LogP contribution in [0.5, 0.6) is 5.75 Å². The highest BCUT2D eigenvalue weighted by atomic mass is 16.5. The molecule has 2 heteroatoms. The fourth-order valence-electron chi connectivity index (χ4n) is 1.78. The lowest BCUT2D eigenvalue weighted by Crippen LogP contribution is -1.89. The highest BCUT2D eigenvalue weighted by Crippen LogP contribution is 2.30. The summed E-state index contributed by atoms with van der Waals surface area (Å²) in [6.07, 6.45) is 3.76.